The third kappa shape index (κ3) is 4.34. The SMILES string of the molecule is C=CCNC(=O)c1csc(-c2ccc(OCc3ccccc3)cc2F)n1. The molecule has 3 aromatic rings. The van der Waals surface area contributed by atoms with Crippen molar-refractivity contribution in [2.75, 3.05) is 6.54 Å². The first-order valence-corrected chi connectivity index (χ1v) is 8.86. The molecule has 1 heterocycles. The van der Waals surface area contributed by atoms with Gasteiger partial charge < -0.3 is 10.1 Å². The van der Waals surface area contributed by atoms with Crippen molar-refractivity contribution < 1.29 is 13.9 Å². The van der Waals surface area contributed by atoms with Crippen LogP contribution in [0.2, 0.25) is 0 Å². The van der Waals surface area contributed by atoms with Crippen molar-refractivity contribution in [1.29, 1.82) is 0 Å². The maximum Gasteiger partial charge on any atom is 0.271 e. The summed E-state index contributed by atoms with van der Waals surface area (Å²) in [6.07, 6.45) is 1.58. The van der Waals surface area contributed by atoms with E-state index < -0.39 is 5.82 Å². The third-order valence-corrected chi connectivity index (χ3v) is 4.44. The van der Waals surface area contributed by atoms with Gasteiger partial charge in [0.15, 0.2) is 0 Å². The number of hydrogen-bond donors (Lipinski definition) is 1. The Morgan fingerprint density at radius 3 is 2.81 bits per heavy atom. The van der Waals surface area contributed by atoms with Crippen molar-refractivity contribution >= 4 is 17.2 Å². The van der Waals surface area contributed by atoms with Gasteiger partial charge in [0.1, 0.15) is 28.9 Å². The Hall–Kier alpha value is -2.99. The van der Waals surface area contributed by atoms with Gasteiger partial charge in [0, 0.05) is 23.6 Å². The molecule has 1 N–H and O–H groups in total. The van der Waals surface area contributed by atoms with Crippen LogP contribution in [0.4, 0.5) is 4.39 Å². The highest BCUT2D eigenvalue weighted by Gasteiger charge is 2.14. The second kappa shape index (κ2) is 8.40. The molecule has 4 nitrogen and oxygen atoms in total. The highest BCUT2D eigenvalue weighted by Crippen LogP contribution is 2.29. The second-order valence-corrected chi connectivity index (χ2v) is 6.31. The second-order valence-electron chi connectivity index (χ2n) is 5.45. The molecule has 0 saturated carbocycles. The molecule has 1 amide bonds. The van der Waals surface area contributed by atoms with Crippen molar-refractivity contribution in [2.24, 2.45) is 0 Å². The van der Waals surface area contributed by atoms with Crippen molar-refractivity contribution in [1.82, 2.24) is 10.3 Å². The molecule has 0 radical (unpaired) electrons. The predicted octanol–water partition coefficient (Wildman–Crippen LogP) is 4.44. The normalized spacial score (nSPS) is 10.3. The van der Waals surface area contributed by atoms with Gasteiger partial charge in [-0.2, -0.15) is 0 Å². The standard InChI is InChI=1S/C20H17FN2O2S/c1-2-10-22-19(24)18-13-26-20(23-18)16-9-8-15(11-17(16)21)25-12-14-6-4-3-5-7-14/h2-9,11,13H,1,10,12H2,(H,22,24). The van der Waals surface area contributed by atoms with Gasteiger partial charge >= 0.3 is 0 Å². The first-order chi connectivity index (χ1) is 12.7. The van der Waals surface area contributed by atoms with Crippen LogP contribution in [0, 0.1) is 5.82 Å². The first kappa shape index (κ1) is 17.8. The van der Waals surface area contributed by atoms with E-state index in [-0.39, 0.29) is 11.6 Å². The largest absolute Gasteiger partial charge is 0.489 e. The predicted molar refractivity (Wildman–Crippen MR) is 101 cm³/mol. The third-order valence-electron chi connectivity index (χ3n) is 3.56. The summed E-state index contributed by atoms with van der Waals surface area (Å²) in [5.41, 5.74) is 1.60. The Kier molecular flexibility index (Phi) is 5.76. The molecule has 0 bridgehead atoms. The van der Waals surface area contributed by atoms with E-state index in [1.54, 1.807) is 23.6 Å². The quantitative estimate of drug-likeness (QED) is 0.627. The minimum absolute atomic E-state index is 0.260. The fraction of sp³-hybridized carbons (Fsp3) is 0.100. The highest BCUT2D eigenvalue weighted by atomic mass is 32.1. The summed E-state index contributed by atoms with van der Waals surface area (Å²) in [6, 6.07) is 14.3. The number of rotatable bonds is 7. The van der Waals surface area contributed by atoms with Gasteiger partial charge in [-0.05, 0) is 17.7 Å². The summed E-state index contributed by atoms with van der Waals surface area (Å²) in [4.78, 5) is 16.1. The molecule has 0 atom stereocenters. The van der Waals surface area contributed by atoms with Crippen molar-refractivity contribution in [3.05, 3.63) is 83.6 Å². The van der Waals surface area contributed by atoms with Gasteiger partial charge in [0.2, 0.25) is 0 Å². The molecule has 0 unspecified atom stereocenters. The number of hydrogen-bond acceptors (Lipinski definition) is 4. The lowest BCUT2D eigenvalue weighted by Gasteiger charge is -2.07. The molecule has 1 aromatic heterocycles. The van der Waals surface area contributed by atoms with E-state index in [0.717, 1.165) is 5.56 Å². The lowest BCUT2D eigenvalue weighted by atomic mass is 10.2. The molecule has 2 aromatic carbocycles. The van der Waals surface area contributed by atoms with E-state index in [1.165, 1.54) is 17.4 Å². The van der Waals surface area contributed by atoms with Crippen LogP contribution in [-0.4, -0.2) is 17.4 Å². The highest BCUT2D eigenvalue weighted by molar-refractivity contribution is 7.13. The van der Waals surface area contributed by atoms with Crippen LogP contribution in [0.5, 0.6) is 5.75 Å². The molecule has 6 heteroatoms. The van der Waals surface area contributed by atoms with Gasteiger partial charge in [-0.3, -0.25) is 4.79 Å². The Morgan fingerprint density at radius 2 is 2.08 bits per heavy atom. The minimum Gasteiger partial charge on any atom is -0.489 e. The summed E-state index contributed by atoms with van der Waals surface area (Å²) in [6.45, 7) is 4.26. The molecule has 0 saturated heterocycles. The lowest BCUT2D eigenvalue weighted by molar-refractivity contribution is 0.0954. The van der Waals surface area contributed by atoms with E-state index in [1.807, 2.05) is 30.3 Å². The molecule has 0 fully saturated rings. The number of amides is 1. The number of benzene rings is 2. The number of carbonyl (C=O) groups excluding carboxylic acids is 1. The Bertz CT molecular complexity index is 909. The van der Waals surface area contributed by atoms with Crippen molar-refractivity contribution in [2.45, 2.75) is 6.61 Å². The van der Waals surface area contributed by atoms with E-state index in [4.69, 9.17) is 4.74 Å². The summed E-state index contributed by atoms with van der Waals surface area (Å²) >= 11 is 1.22. The number of halogens is 1. The Morgan fingerprint density at radius 1 is 1.27 bits per heavy atom. The Balaban J connectivity index is 1.70. The molecule has 0 spiro atoms. The monoisotopic (exact) mass is 368 g/mol. The van der Waals surface area contributed by atoms with E-state index >= 15 is 0 Å². The number of nitrogens with one attached hydrogen (secondary N) is 1. The maximum atomic E-state index is 14.4. The summed E-state index contributed by atoms with van der Waals surface area (Å²) < 4.78 is 20.1. The van der Waals surface area contributed by atoms with Crippen molar-refractivity contribution in [3.63, 3.8) is 0 Å². The summed E-state index contributed by atoms with van der Waals surface area (Å²) in [7, 11) is 0. The number of thiazole rings is 1. The Labute approximate surface area is 155 Å². The topological polar surface area (TPSA) is 51.2 Å². The van der Waals surface area contributed by atoms with Crippen LogP contribution in [0.1, 0.15) is 16.1 Å². The molecule has 132 valence electrons. The number of carbonyl (C=O) groups is 1. The average molecular weight is 368 g/mol. The van der Waals surface area contributed by atoms with Crippen LogP contribution in [-0.2, 0) is 6.61 Å². The van der Waals surface area contributed by atoms with Gasteiger partial charge in [-0.1, -0.05) is 36.4 Å². The van der Waals surface area contributed by atoms with Crippen LogP contribution in [0.3, 0.4) is 0 Å². The zero-order chi connectivity index (χ0) is 18.4. The maximum absolute atomic E-state index is 14.4. The number of nitrogens with zero attached hydrogens (tertiary/aromatic N) is 1. The average Bonchev–Trinajstić information content (AvgIpc) is 3.15. The van der Waals surface area contributed by atoms with Crippen LogP contribution in [0.15, 0.2) is 66.6 Å². The first-order valence-electron chi connectivity index (χ1n) is 7.98. The fourth-order valence-corrected chi connectivity index (χ4v) is 3.08. The van der Waals surface area contributed by atoms with Crippen LogP contribution in [0.25, 0.3) is 10.6 Å². The van der Waals surface area contributed by atoms with Crippen LogP contribution >= 0.6 is 11.3 Å². The summed E-state index contributed by atoms with van der Waals surface area (Å²) in [5, 5.41) is 4.69. The van der Waals surface area contributed by atoms with Gasteiger partial charge in [0.05, 0.1) is 0 Å². The van der Waals surface area contributed by atoms with E-state index in [2.05, 4.69) is 16.9 Å². The minimum atomic E-state index is -0.442. The number of ether oxygens (including phenoxy) is 1. The van der Waals surface area contributed by atoms with Crippen molar-refractivity contribution in [3.8, 4) is 16.3 Å². The lowest BCUT2D eigenvalue weighted by Crippen LogP contribution is -2.23. The molecular weight excluding hydrogens is 351 g/mol. The molecule has 0 aliphatic rings. The smallest absolute Gasteiger partial charge is 0.271 e. The fourth-order valence-electron chi connectivity index (χ4n) is 2.26. The molecule has 3 rings (SSSR count). The van der Waals surface area contributed by atoms with Gasteiger partial charge in [-0.15, -0.1) is 17.9 Å². The van der Waals surface area contributed by atoms with E-state index in [9.17, 15) is 9.18 Å². The van der Waals surface area contributed by atoms with Crippen LogP contribution < -0.4 is 10.1 Å². The van der Waals surface area contributed by atoms with Gasteiger partial charge in [0.25, 0.3) is 5.91 Å². The molecule has 0 aliphatic carbocycles. The summed E-state index contributed by atoms with van der Waals surface area (Å²) in [5.74, 6) is -0.311. The molecule has 0 aliphatic heterocycles. The number of aromatic nitrogens is 1. The van der Waals surface area contributed by atoms with E-state index in [0.29, 0.717) is 29.5 Å². The zero-order valence-corrected chi connectivity index (χ0v) is 14.8. The zero-order valence-electron chi connectivity index (χ0n) is 13.9. The van der Waals surface area contributed by atoms with Gasteiger partial charge in [-0.25, -0.2) is 9.37 Å². The molecule has 26 heavy (non-hydrogen) atoms. The molecular formula is C20H17FN2O2S.